The molecule has 8 nitrogen and oxygen atoms in total. The highest BCUT2D eigenvalue weighted by atomic mass is 32.2. The SMILES string of the molecule is COCCNc1nc(C(F)(F)F)ccc1/C=C/C(=O)N[C@H](C)c1ccc(NS(C)(=O)=O)c(F)c1. The fourth-order valence-corrected chi connectivity index (χ4v) is 3.33. The predicted octanol–water partition coefficient (Wildman–Crippen LogP) is 3.56. The number of carbonyl (C=O) groups is 1. The molecule has 0 fully saturated rings. The van der Waals surface area contributed by atoms with Crippen LogP contribution >= 0.6 is 0 Å². The summed E-state index contributed by atoms with van der Waals surface area (Å²) < 4.78 is 82.6. The molecule has 0 saturated heterocycles. The van der Waals surface area contributed by atoms with Crippen LogP contribution in [-0.4, -0.2) is 45.8 Å². The molecule has 1 heterocycles. The van der Waals surface area contributed by atoms with E-state index >= 15 is 0 Å². The first-order valence-corrected chi connectivity index (χ1v) is 11.8. The van der Waals surface area contributed by atoms with E-state index in [4.69, 9.17) is 4.74 Å². The van der Waals surface area contributed by atoms with Crippen molar-refractivity contribution in [3.05, 3.63) is 59.0 Å². The van der Waals surface area contributed by atoms with Crippen molar-refractivity contribution in [2.24, 2.45) is 0 Å². The highest BCUT2D eigenvalue weighted by Gasteiger charge is 2.33. The van der Waals surface area contributed by atoms with Crippen molar-refractivity contribution in [3.8, 4) is 0 Å². The summed E-state index contributed by atoms with van der Waals surface area (Å²) in [6.45, 7) is 2.01. The van der Waals surface area contributed by atoms with Crippen LogP contribution in [0.1, 0.15) is 29.8 Å². The second kappa shape index (κ2) is 11.3. The molecule has 1 amide bonds. The van der Waals surface area contributed by atoms with Gasteiger partial charge in [-0.05, 0) is 42.8 Å². The molecular formula is C21H24F4N4O4S. The van der Waals surface area contributed by atoms with E-state index in [0.717, 1.165) is 24.5 Å². The Balaban J connectivity index is 2.13. The standard InChI is InChI=1S/C21H24F4N4O4S/c1-13(15-4-7-17(16(22)12-15)29-34(3,31)32)27-19(30)9-6-14-5-8-18(21(23,24)25)28-20(14)26-10-11-33-2/h4-9,12-13,29H,10-11H2,1-3H3,(H,26,28)(H,27,30)/b9-6+/t13-/m1/s1. The number of methoxy groups -OCH3 is 1. The molecule has 13 heteroatoms. The van der Waals surface area contributed by atoms with Crippen molar-refractivity contribution in [1.82, 2.24) is 10.3 Å². The number of benzene rings is 1. The molecule has 0 aliphatic heterocycles. The minimum absolute atomic E-state index is 0.0694. The van der Waals surface area contributed by atoms with Gasteiger partial charge in [-0.3, -0.25) is 9.52 Å². The second-order valence-electron chi connectivity index (χ2n) is 7.23. The Morgan fingerprint density at radius 2 is 1.94 bits per heavy atom. The van der Waals surface area contributed by atoms with Crippen molar-refractivity contribution in [2.45, 2.75) is 19.1 Å². The first-order valence-electron chi connectivity index (χ1n) is 9.87. The maximum Gasteiger partial charge on any atom is 0.433 e. The van der Waals surface area contributed by atoms with Gasteiger partial charge < -0.3 is 15.4 Å². The van der Waals surface area contributed by atoms with Crippen LogP contribution in [0.3, 0.4) is 0 Å². The summed E-state index contributed by atoms with van der Waals surface area (Å²) in [6, 6.07) is 5.10. The van der Waals surface area contributed by atoms with E-state index in [1.807, 2.05) is 4.72 Å². The molecule has 1 aromatic carbocycles. The maximum absolute atomic E-state index is 14.2. The molecule has 34 heavy (non-hydrogen) atoms. The zero-order chi connectivity index (χ0) is 25.5. The molecular weight excluding hydrogens is 480 g/mol. The number of nitrogens with zero attached hydrogens (tertiary/aromatic N) is 1. The molecule has 1 atom stereocenters. The number of halogens is 4. The monoisotopic (exact) mass is 504 g/mol. The molecule has 2 aromatic rings. The smallest absolute Gasteiger partial charge is 0.383 e. The van der Waals surface area contributed by atoms with Crippen LogP contribution in [0, 0.1) is 5.82 Å². The highest BCUT2D eigenvalue weighted by molar-refractivity contribution is 7.92. The number of amides is 1. The van der Waals surface area contributed by atoms with Gasteiger partial charge in [0.15, 0.2) is 0 Å². The van der Waals surface area contributed by atoms with Crippen LogP contribution in [0.5, 0.6) is 0 Å². The molecule has 0 bridgehead atoms. The highest BCUT2D eigenvalue weighted by Crippen LogP contribution is 2.30. The first-order chi connectivity index (χ1) is 15.8. The van der Waals surface area contributed by atoms with E-state index < -0.39 is 39.7 Å². The quantitative estimate of drug-likeness (QED) is 0.259. The minimum atomic E-state index is -4.63. The number of nitrogens with one attached hydrogen (secondary N) is 3. The van der Waals surface area contributed by atoms with Gasteiger partial charge in [0.25, 0.3) is 0 Å². The Labute approximate surface area is 194 Å². The maximum atomic E-state index is 14.2. The molecule has 0 saturated carbocycles. The lowest BCUT2D eigenvalue weighted by atomic mass is 10.1. The van der Waals surface area contributed by atoms with E-state index in [1.165, 1.54) is 31.4 Å². The lowest BCUT2D eigenvalue weighted by Crippen LogP contribution is -2.24. The zero-order valence-electron chi connectivity index (χ0n) is 18.5. The summed E-state index contributed by atoms with van der Waals surface area (Å²) in [5, 5.41) is 5.33. The Bertz CT molecular complexity index is 1150. The van der Waals surface area contributed by atoms with Gasteiger partial charge in [-0.2, -0.15) is 13.2 Å². The average Bonchev–Trinajstić information content (AvgIpc) is 2.72. The Morgan fingerprint density at radius 3 is 2.53 bits per heavy atom. The van der Waals surface area contributed by atoms with Crippen molar-refractivity contribution in [1.29, 1.82) is 0 Å². The van der Waals surface area contributed by atoms with Gasteiger partial charge in [-0.15, -0.1) is 0 Å². The number of aromatic nitrogens is 1. The third kappa shape index (κ3) is 8.30. The summed E-state index contributed by atoms with van der Waals surface area (Å²) in [7, 11) is -2.22. The van der Waals surface area contributed by atoms with Crippen LogP contribution in [0.25, 0.3) is 6.08 Å². The number of pyridine rings is 1. The van der Waals surface area contributed by atoms with Gasteiger partial charge in [-0.1, -0.05) is 6.07 Å². The lowest BCUT2D eigenvalue weighted by molar-refractivity contribution is -0.141. The molecule has 0 aliphatic rings. The first kappa shape index (κ1) is 27.1. The van der Waals surface area contributed by atoms with Gasteiger partial charge in [0.1, 0.15) is 17.3 Å². The number of hydrogen-bond acceptors (Lipinski definition) is 6. The molecule has 2 rings (SSSR count). The molecule has 0 unspecified atom stereocenters. The summed E-state index contributed by atoms with van der Waals surface area (Å²) in [5.74, 6) is -1.48. The molecule has 0 aliphatic carbocycles. The van der Waals surface area contributed by atoms with Gasteiger partial charge >= 0.3 is 6.18 Å². The normalized spacial score (nSPS) is 13.0. The van der Waals surface area contributed by atoms with Crippen LogP contribution in [0.2, 0.25) is 0 Å². The van der Waals surface area contributed by atoms with Crippen molar-refractivity contribution >= 4 is 33.5 Å². The summed E-state index contributed by atoms with van der Waals surface area (Å²) in [4.78, 5) is 15.9. The van der Waals surface area contributed by atoms with E-state index in [-0.39, 0.29) is 30.2 Å². The Morgan fingerprint density at radius 1 is 1.24 bits per heavy atom. The topological polar surface area (TPSA) is 109 Å². The van der Waals surface area contributed by atoms with Gasteiger partial charge in [0.2, 0.25) is 15.9 Å². The third-order valence-electron chi connectivity index (χ3n) is 4.38. The largest absolute Gasteiger partial charge is 0.433 e. The summed E-state index contributed by atoms with van der Waals surface area (Å²) >= 11 is 0. The van der Waals surface area contributed by atoms with E-state index in [1.54, 1.807) is 6.92 Å². The zero-order valence-corrected chi connectivity index (χ0v) is 19.3. The van der Waals surface area contributed by atoms with Gasteiger partial charge in [0.05, 0.1) is 24.6 Å². The summed E-state index contributed by atoms with van der Waals surface area (Å²) in [6.07, 6.45) is -1.34. The van der Waals surface area contributed by atoms with Gasteiger partial charge in [0, 0.05) is 25.3 Å². The molecule has 0 spiro atoms. The Kier molecular flexibility index (Phi) is 8.99. The average molecular weight is 505 g/mol. The summed E-state index contributed by atoms with van der Waals surface area (Å²) in [5.41, 5.74) is -0.697. The third-order valence-corrected chi connectivity index (χ3v) is 4.97. The van der Waals surface area contributed by atoms with Crippen molar-refractivity contribution < 1.29 is 35.5 Å². The second-order valence-corrected chi connectivity index (χ2v) is 8.98. The number of anilines is 2. The van der Waals surface area contributed by atoms with Crippen molar-refractivity contribution in [3.63, 3.8) is 0 Å². The minimum Gasteiger partial charge on any atom is -0.383 e. The van der Waals surface area contributed by atoms with E-state index in [0.29, 0.717) is 5.56 Å². The lowest BCUT2D eigenvalue weighted by Gasteiger charge is -2.15. The number of sulfonamides is 1. The number of rotatable bonds is 10. The van der Waals surface area contributed by atoms with Crippen LogP contribution < -0.4 is 15.4 Å². The molecule has 3 N–H and O–H groups in total. The van der Waals surface area contributed by atoms with Crippen LogP contribution in [-0.2, 0) is 25.7 Å². The van der Waals surface area contributed by atoms with Crippen molar-refractivity contribution in [2.75, 3.05) is 36.6 Å². The van der Waals surface area contributed by atoms with Crippen LogP contribution in [0.4, 0.5) is 29.1 Å². The van der Waals surface area contributed by atoms with E-state index in [9.17, 15) is 30.8 Å². The van der Waals surface area contributed by atoms with Gasteiger partial charge in [-0.25, -0.2) is 17.8 Å². The fraction of sp³-hybridized carbons (Fsp3) is 0.333. The predicted molar refractivity (Wildman–Crippen MR) is 120 cm³/mol. The Hall–Kier alpha value is -3.19. The van der Waals surface area contributed by atoms with Crippen LogP contribution in [0.15, 0.2) is 36.4 Å². The number of hydrogen-bond donors (Lipinski definition) is 3. The number of carbonyl (C=O) groups excluding carboxylic acids is 1. The number of ether oxygens (including phenoxy) is 1. The fourth-order valence-electron chi connectivity index (χ4n) is 2.77. The molecule has 0 radical (unpaired) electrons. The molecule has 186 valence electrons. The molecule has 1 aromatic heterocycles. The van der Waals surface area contributed by atoms with E-state index in [2.05, 4.69) is 15.6 Å². The number of alkyl halides is 3.